The van der Waals surface area contributed by atoms with Gasteiger partial charge in [-0.2, -0.15) is 0 Å². The highest BCUT2D eigenvalue weighted by atomic mass is 79.9. The second-order valence-electron chi connectivity index (χ2n) is 4.75. The fourth-order valence-corrected chi connectivity index (χ4v) is 2.57. The van der Waals surface area contributed by atoms with Crippen molar-refractivity contribution in [1.29, 1.82) is 0 Å². The number of fused-ring (bicyclic) bond motifs is 1. The average molecular weight is 363 g/mol. The highest BCUT2D eigenvalue weighted by molar-refractivity contribution is 9.10. The van der Waals surface area contributed by atoms with Crippen molar-refractivity contribution in [2.24, 2.45) is 7.05 Å². The zero-order chi connectivity index (χ0) is 15.9. The van der Waals surface area contributed by atoms with Crippen LogP contribution in [0.2, 0.25) is 0 Å². The number of nitrogens with zero attached hydrogens (tertiary/aromatic N) is 3. The molecule has 0 spiro atoms. The Morgan fingerprint density at radius 2 is 1.95 bits per heavy atom. The van der Waals surface area contributed by atoms with E-state index in [0.29, 0.717) is 10.3 Å². The molecule has 22 heavy (non-hydrogen) atoms. The molecule has 0 amide bonds. The SMILES string of the molecule is Cn1c(Br)nc2c1c(=O)[nH]c(=O)n2CC(=O)c1ccccc1. The Balaban J connectivity index is 2.16. The minimum atomic E-state index is -0.660. The topological polar surface area (TPSA) is 89.8 Å². The molecule has 1 aromatic carbocycles. The van der Waals surface area contributed by atoms with Crippen LogP contribution in [0.5, 0.6) is 0 Å². The highest BCUT2D eigenvalue weighted by Crippen LogP contribution is 2.14. The smallest absolute Gasteiger partial charge is 0.316 e. The Labute approximate surface area is 132 Å². The summed E-state index contributed by atoms with van der Waals surface area (Å²) in [5.74, 6) is -0.238. The van der Waals surface area contributed by atoms with Crippen molar-refractivity contribution in [1.82, 2.24) is 19.1 Å². The number of Topliss-reactive ketones (excluding diaryl/α,β-unsaturated/α-hetero) is 1. The Kier molecular flexibility index (Phi) is 3.53. The molecule has 0 unspecified atom stereocenters. The molecule has 0 aliphatic heterocycles. The lowest BCUT2D eigenvalue weighted by Gasteiger charge is -2.05. The number of H-pyrrole nitrogens is 1. The third-order valence-electron chi connectivity index (χ3n) is 3.36. The van der Waals surface area contributed by atoms with Gasteiger partial charge < -0.3 is 4.57 Å². The molecule has 0 fully saturated rings. The van der Waals surface area contributed by atoms with E-state index in [9.17, 15) is 14.4 Å². The summed E-state index contributed by atoms with van der Waals surface area (Å²) in [5, 5.41) is 0. The summed E-state index contributed by atoms with van der Waals surface area (Å²) in [7, 11) is 1.64. The number of carbonyl (C=O) groups excluding carboxylic acids is 1. The molecule has 7 nitrogen and oxygen atoms in total. The second kappa shape index (κ2) is 5.38. The standard InChI is InChI=1S/C14H11BrN4O3/c1-18-10-11(16-13(18)15)19(14(22)17-12(10)21)7-9(20)8-5-3-2-4-6-8/h2-6H,7H2,1H3,(H,17,21,22). The highest BCUT2D eigenvalue weighted by Gasteiger charge is 2.17. The number of halogens is 1. The molecule has 2 aromatic heterocycles. The maximum Gasteiger partial charge on any atom is 0.330 e. The summed E-state index contributed by atoms with van der Waals surface area (Å²) in [6.07, 6.45) is 0. The number of hydrogen-bond donors (Lipinski definition) is 1. The van der Waals surface area contributed by atoms with Crippen LogP contribution in [-0.4, -0.2) is 24.9 Å². The van der Waals surface area contributed by atoms with Gasteiger partial charge in [-0.05, 0) is 15.9 Å². The van der Waals surface area contributed by atoms with Crippen LogP contribution in [0.4, 0.5) is 0 Å². The lowest BCUT2D eigenvalue weighted by Crippen LogP contribution is -2.33. The summed E-state index contributed by atoms with van der Waals surface area (Å²) in [5.41, 5.74) is -0.306. The second-order valence-corrected chi connectivity index (χ2v) is 5.46. The Morgan fingerprint density at radius 3 is 2.64 bits per heavy atom. The Bertz CT molecular complexity index is 985. The van der Waals surface area contributed by atoms with E-state index in [1.165, 1.54) is 4.57 Å². The number of hydrogen-bond acceptors (Lipinski definition) is 4. The van der Waals surface area contributed by atoms with Gasteiger partial charge in [-0.15, -0.1) is 0 Å². The number of ketones is 1. The predicted octanol–water partition coefficient (Wildman–Crippen LogP) is 1.07. The molecule has 1 N–H and O–H groups in total. The van der Waals surface area contributed by atoms with E-state index >= 15 is 0 Å². The average Bonchev–Trinajstić information content (AvgIpc) is 2.80. The van der Waals surface area contributed by atoms with Gasteiger partial charge in [0.1, 0.15) is 0 Å². The van der Waals surface area contributed by atoms with Crippen LogP contribution < -0.4 is 11.2 Å². The van der Waals surface area contributed by atoms with Crippen molar-refractivity contribution in [3.63, 3.8) is 0 Å². The number of aryl methyl sites for hydroxylation is 1. The lowest BCUT2D eigenvalue weighted by atomic mass is 10.1. The first-order valence-electron chi connectivity index (χ1n) is 6.42. The molecule has 0 bridgehead atoms. The van der Waals surface area contributed by atoms with Crippen LogP contribution in [0.25, 0.3) is 11.2 Å². The summed E-state index contributed by atoms with van der Waals surface area (Å²) >= 11 is 3.21. The molecule has 0 atom stereocenters. The molecular formula is C14H11BrN4O3. The van der Waals surface area contributed by atoms with Gasteiger partial charge in [0.25, 0.3) is 5.56 Å². The van der Waals surface area contributed by atoms with Crippen LogP contribution >= 0.6 is 15.9 Å². The van der Waals surface area contributed by atoms with Crippen LogP contribution in [0.15, 0.2) is 44.7 Å². The molecule has 3 rings (SSSR count). The van der Waals surface area contributed by atoms with Gasteiger partial charge in [-0.25, -0.2) is 9.78 Å². The molecular weight excluding hydrogens is 352 g/mol. The normalized spacial score (nSPS) is 11.0. The molecule has 8 heteroatoms. The van der Waals surface area contributed by atoms with E-state index in [4.69, 9.17) is 0 Å². The van der Waals surface area contributed by atoms with E-state index in [2.05, 4.69) is 25.9 Å². The van der Waals surface area contributed by atoms with E-state index in [1.807, 2.05) is 0 Å². The minimum absolute atomic E-state index is 0.174. The quantitative estimate of drug-likeness (QED) is 0.557. The van der Waals surface area contributed by atoms with Crippen molar-refractivity contribution in [3.05, 3.63) is 61.5 Å². The number of imidazole rings is 1. The Hall–Kier alpha value is -2.48. The first-order valence-corrected chi connectivity index (χ1v) is 7.21. The number of carbonyl (C=O) groups is 1. The third kappa shape index (κ3) is 2.31. The van der Waals surface area contributed by atoms with Crippen LogP contribution in [0.1, 0.15) is 10.4 Å². The summed E-state index contributed by atoms with van der Waals surface area (Å²) in [6.45, 7) is -0.195. The van der Waals surface area contributed by atoms with Crippen LogP contribution in [-0.2, 0) is 13.6 Å². The van der Waals surface area contributed by atoms with Crippen molar-refractivity contribution >= 4 is 32.9 Å². The van der Waals surface area contributed by atoms with E-state index < -0.39 is 11.2 Å². The Morgan fingerprint density at radius 1 is 1.27 bits per heavy atom. The zero-order valence-corrected chi connectivity index (χ0v) is 13.1. The fraction of sp³-hybridized carbons (Fsp3) is 0.143. The van der Waals surface area contributed by atoms with E-state index in [-0.39, 0.29) is 23.5 Å². The first-order chi connectivity index (χ1) is 10.5. The lowest BCUT2D eigenvalue weighted by molar-refractivity contribution is 0.0971. The van der Waals surface area contributed by atoms with Gasteiger partial charge in [0, 0.05) is 12.6 Å². The van der Waals surface area contributed by atoms with Gasteiger partial charge in [0.05, 0.1) is 6.54 Å². The maximum atomic E-state index is 12.3. The fourth-order valence-electron chi connectivity index (χ4n) is 2.23. The van der Waals surface area contributed by atoms with Crippen molar-refractivity contribution in [3.8, 4) is 0 Å². The molecule has 3 aromatic rings. The zero-order valence-electron chi connectivity index (χ0n) is 11.5. The maximum absolute atomic E-state index is 12.3. The van der Waals surface area contributed by atoms with Gasteiger partial charge in [0.15, 0.2) is 21.7 Å². The summed E-state index contributed by atoms with van der Waals surface area (Å²) in [6, 6.07) is 8.64. The predicted molar refractivity (Wildman–Crippen MR) is 84.1 cm³/mol. The van der Waals surface area contributed by atoms with Crippen molar-refractivity contribution in [2.75, 3.05) is 0 Å². The molecule has 112 valence electrons. The van der Waals surface area contributed by atoms with Crippen LogP contribution in [0, 0.1) is 0 Å². The minimum Gasteiger partial charge on any atom is -0.316 e. The molecule has 0 saturated heterocycles. The number of aromatic amines is 1. The van der Waals surface area contributed by atoms with E-state index in [0.717, 1.165) is 4.57 Å². The third-order valence-corrected chi connectivity index (χ3v) is 4.07. The van der Waals surface area contributed by atoms with Gasteiger partial charge >= 0.3 is 5.69 Å². The number of aromatic nitrogens is 4. The monoisotopic (exact) mass is 362 g/mol. The molecule has 0 aliphatic carbocycles. The van der Waals surface area contributed by atoms with Gasteiger partial charge in [0.2, 0.25) is 0 Å². The van der Waals surface area contributed by atoms with Gasteiger partial charge in [-0.3, -0.25) is 19.1 Å². The molecule has 0 radical (unpaired) electrons. The number of benzene rings is 1. The van der Waals surface area contributed by atoms with Crippen molar-refractivity contribution < 1.29 is 4.79 Å². The van der Waals surface area contributed by atoms with E-state index in [1.54, 1.807) is 37.4 Å². The largest absolute Gasteiger partial charge is 0.330 e. The molecule has 2 heterocycles. The van der Waals surface area contributed by atoms with Gasteiger partial charge in [-0.1, -0.05) is 30.3 Å². The molecule has 0 saturated carbocycles. The van der Waals surface area contributed by atoms with Crippen molar-refractivity contribution in [2.45, 2.75) is 6.54 Å². The number of rotatable bonds is 3. The summed E-state index contributed by atoms with van der Waals surface area (Å²) in [4.78, 5) is 42.6. The first kappa shape index (κ1) is 14.5. The van der Waals surface area contributed by atoms with Crippen LogP contribution in [0.3, 0.4) is 0 Å². The summed E-state index contributed by atoms with van der Waals surface area (Å²) < 4.78 is 3.08. The number of nitrogens with one attached hydrogen (secondary N) is 1. The molecule has 0 aliphatic rings.